The lowest BCUT2D eigenvalue weighted by Crippen LogP contribution is -2.42. The summed E-state index contributed by atoms with van der Waals surface area (Å²) in [5.74, 6) is 1.65. The lowest BCUT2D eigenvalue weighted by molar-refractivity contribution is 0.00917. The third-order valence-corrected chi connectivity index (χ3v) is 4.89. The quantitative estimate of drug-likeness (QED) is 0.818. The number of aromatic nitrogens is 1. The minimum Gasteiger partial charge on any atom is -0.445 e. The van der Waals surface area contributed by atoms with E-state index in [1.165, 1.54) is 4.88 Å². The number of thiophene rings is 1. The third kappa shape index (κ3) is 3.95. The molecule has 0 bridgehead atoms. The van der Waals surface area contributed by atoms with E-state index in [2.05, 4.69) is 39.3 Å². The maximum Gasteiger partial charge on any atom is 0.208 e. The van der Waals surface area contributed by atoms with Crippen molar-refractivity contribution in [1.29, 1.82) is 0 Å². The molecule has 1 saturated heterocycles. The molecule has 6 heteroatoms. The molecule has 0 saturated carbocycles. The normalized spacial score (nSPS) is 18.0. The van der Waals surface area contributed by atoms with E-state index in [0.29, 0.717) is 6.04 Å². The highest BCUT2D eigenvalue weighted by atomic mass is 32.1. The van der Waals surface area contributed by atoms with E-state index in [4.69, 9.17) is 9.15 Å². The van der Waals surface area contributed by atoms with Gasteiger partial charge in [0.2, 0.25) is 5.89 Å². The minimum atomic E-state index is 0.407. The first-order valence-electron chi connectivity index (χ1n) is 7.67. The van der Waals surface area contributed by atoms with Gasteiger partial charge in [-0.25, -0.2) is 4.98 Å². The maximum atomic E-state index is 5.59. The Morgan fingerprint density at radius 3 is 2.86 bits per heavy atom. The first-order chi connectivity index (χ1) is 10.7. The summed E-state index contributed by atoms with van der Waals surface area (Å²) in [5, 5.41) is 2.15. The Morgan fingerprint density at radius 2 is 2.23 bits per heavy atom. The Hall–Kier alpha value is -1.21. The van der Waals surface area contributed by atoms with Gasteiger partial charge in [0.25, 0.3) is 0 Å². The summed E-state index contributed by atoms with van der Waals surface area (Å²) >= 11 is 1.83. The van der Waals surface area contributed by atoms with Gasteiger partial charge in [0, 0.05) is 24.5 Å². The highest BCUT2D eigenvalue weighted by molar-refractivity contribution is 7.10. The first kappa shape index (κ1) is 15.7. The zero-order chi connectivity index (χ0) is 15.4. The molecule has 1 fully saturated rings. The van der Waals surface area contributed by atoms with E-state index in [-0.39, 0.29) is 0 Å². The first-order valence-corrected chi connectivity index (χ1v) is 8.55. The molecule has 5 nitrogen and oxygen atoms in total. The largest absolute Gasteiger partial charge is 0.445 e. The van der Waals surface area contributed by atoms with E-state index in [1.54, 1.807) is 6.20 Å². The standard InChI is InChI=1S/C16H23N3O2S/c1-13-10-17-16(21-13)12-18(2)11-14(15-4-3-9-22-15)19-5-7-20-8-6-19/h3-4,9-10,14H,5-8,11-12H2,1-2H3/t14-/m1/s1. The molecule has 120 valence electrons. The second kappa shape index (κ2) is 7.37. The molecule has 2 aromatic heterocycles. The van der Waals surface area contributed by atoms with Crippen LogP contribution in [-0.2, 0) is 11.3 Å². The zero-order valence-electron chi connectivity index (χ0n) is 13.2. The molecule has 0 N–H and O–H groups in total. The summed E-state index contributed by atoms with van der Waals surface area (Å²) in [5.41, 5.74) is 0. The van der Waals surface area contributed by atoms with Crippen LogP contribution in [0.4, 0.5) is 0 Å². The fraction of sp³-hybridized carbons (Fsp3) is 0.562. The lowest BCUT2D eigenvalue weighted by Gasteiger charge is -2.36. The Kier molecular flexibility index (Phi) is 5.25. The second-order valence-corrected chi connectivity index (χ2v) is 6.72. The molecule has 0 aromatic carbocycles. The Balaban J connectivity index is 1.66. The number of morpholine rings is 1. The van der Waals surface area contributed by atoms with Crippen molar-refractivity contribution in [1.82, 2.24) is 14.8 Å². The van der Waals surface area contributed by atoms with Crippen molar-refractivity contribution in [2.24, 2.45) is 0 Å². The number of ether oxygens (including phenoxy) is 1. The molecule has 22 heavy (non-hydrogen) atoms. The molecule has 0 radical (unpaired) electrons. The summed E-state index contributed by atoms with van der Waals surface area (Å²) in [6.07, 6.45) is 1.78. The van der Waals surface area contributed by atoms with Crippen LogP contribution in [0.5, 0.6) is 0 Å². The van der Waals surface area contributed by atoms with Crippen molar-refractivity contribution in [3.63, 3.8) is 0 Å². The molecule has 0 amide bonds. The van der Waals surface area contributed by atoms with Crippen LogP contribution < -0.4 is 0 Å². The summed E-state index contributed by atoms with van der Waals surface area (Å²) in [7, 11) is 2.13. The van der Waals surface area contributed by atoms with Crippen molar-refractivity contribution in [2.45, 2.75) is 19.5 Å². The van der Waals surface area contributed by atoms with Crippen molar-refractivity contribution >= 4 is 11.3 Å². The average molecular weight is 321 g/mol. The summed E-state index contributed by atoms with van der Waals surface area (Å²) in [6.45, 7) is 7.26. The van der Waals surface area contributed by atoms with E-state index in [9.17, 15) is 0 Å². The van der Waals surface area contributed by atoms with Crippen LogP contribution in [0.15, 0.2) is 28.1 Å². The molecule has 0 spiro atoms. The Morgan fingerprint density at radius 1 is 1.41 bits per heavy atom. The Labute approximate surface area is 135 Å². The van der Waals surface area contributed by atoms with Gasteiger partial charge in [0.1, 0.15) is 5.76 Å². The molecule has 1 aliphatic rings. The van der Waals surface area contributed by atoms with Gasteiger partial charge in [-0.05, 0) is 25.4 Å². The van der Waals surface area contributed by atoms with E-state index >= 15 is 0 Å². The van der Waals surface area contributed by atoms with Gasteiger partial charge >= 0.3 is 0 Å². The highest BCUT2D eigenvalue weighted by Gasteiger charge is 2.25. The van der Waals surface area contributed by atoms with Gasteiger partial charge in [0.05, 0.1) is 32.0 Å². The molecule has 0 unspecified atom stereocenters. The van der Waals surface area contributed by atoms with Crippen LogP contribution in [0.1, 0.15) is 22.6 Å². The fourth-order valence-electron chi connectivity index (χ4n) is 2.82. The molecule has 0 aliphatic carbocycles. The van der Waals surface area contributed by atoms with Crippen LogP contribution in [0.2, 0.25) is 0 Å². The predicted octanol–water partition coefficient (Wildman–Crippen LogP) is 2.55. The monoisotopic (exact) mass is 321 g/mol. The molecule has 3 heterocycles. The van der Waals surface area contributed by atoms with Crippen LogP contribution in [0.25, 0.3) is 0 Å². The van der Waals surface area contributed by atoms with Gasteiger partial charge in [-0.15, -0.1) is 11.3 Å². The third-order valence-electron chi connectivity index (χ3n) is 3.92. The van der Waals surface area contributed by atoms with Crippen LogP contribution in [-0.4, -0.2) is 54.7 Å². The number of nitrogens with zero attached hydrogens (tertiary/aromatic N) is 3. The minimum absolute atomic E-state index is 0.407. The van der Waals surface area contributed by atoms with Crippen LogP contribution in [0.3, 0.4) is 0 Å². The number of oxazole rings is 1. The van der Waals surface area contributed by atoms with Gasteiger partial charge in [0.15, 0.2) is 0 Å². The van der Waals surface area contributed by atoms with E-state index in [1.807, 2.05) is 18.3 Å². The summed E-state index contributed by atoms with van der Waals surface area (Å²) in [4.78, 5) is 10.5. The molecular weight excluding hydrogens is 298 g/mol. The van der Waals surface area contributed by atoms with E-state index in [0.717, 1.165) is 51.0 Å². The van der Waals surface area contributed by atoms with Crippen molar-refractivity contribution < 1.29 is 9.15 Å². The fourth-order valence-corrected chi connectivity index (χ4v) is 3.67. The second-order valence-electron chi connectivity index (χ2n) is 5.74. The highest BCUT2D eigenvalue weighted by Crippen LogP contribution is 2.27. The molecular formula is C16H23N3O2S. The summed E-state index contributed by atoms with van der Waals surface area (Å²) in [6, 6.07) is 4.77. The number of likely N-dealkylation sites (N-methyl/N-ethyl adjacent to an activating group) is 1. The number of hydrogen-bond donors (Lipinski definition) is 0. The van der Waals surface area contributed by atoms with Crippen molar-refractivity contribution in [3.8, 4) is 0 Å². The number of aryl methyl sites for hydroxylation is 1. The molecule has 3 rings (SSSR count). The molecule has 1 atom stereocenters. The van der Waals surface area contributed by atoms with Gasteiger partial charge < -0.3 is 9.15 Å². The Bertz CT molecular complexity index is 564. The van der Waals surface area contributed by atoms with Crippen molar-refractivity contribution in [2.75, 3.05) is 39.9 Å². The van der Waals surface area contributed by atoms with E-state index < -0.39 is 0 Å². The van der Waals surface area contributed by atoms with Gasteiger partial charge in [-0.3, -0.25) is 9.80 Å². The lowest BCUT2D eigenvalue weighted by atomic mass is 10.1. The summed E-state index contributed by atoms with van der Waals surface area (Å²) < 4.78 is 11.1. The van der Waals surface area contributed by atoms with Crippen molar-refractivity contribution in [3.05, 3.63) is 40.2 Å². The van der Waals surface area contributed by atoms with Gasteiger partial charge in [-0.1, -0.05) is 6.07 Å². The maximum absolute atomic E-state index is 5.59. The van der Waals surface area contributed by atoms with Crippen LogP contribution in [0, 0.1) is 6.92 Å². The topological polar surface area (TPSA) is 41.7 Å². The van der Waals surface area contributed by atoms with Crippen LogP contribution >= 0.6 is 11.3 Å². The smallest absolute Gasteiger partial charge is 0.208 e. The SMILES string of the molecule is Cc1cnc(CN(C)C[C@H](c2cccs2)N2CCOCC2)o1. The predicted molar refractivity (Wildman–Crippen MR) is 87.0 cm³/mol. The molecule has 1 aliphatic heterocycles. The number of rotatable bonds is 6. The molecule has 2 aromatic rings. The average Bonchev–Trinajstić information content (AvgIpc) is 3.18. The zero-order valence-corrected chi connectivity index (χ0v) is 14.0. The van der Waals surface area contributed by atoms with Gasteiger partial charge in [-0.2, -0.15) is 0 Å². The number of hydrogen-bond acceptors (Lipinski definition) is 6.